The van der Waals surface area contributed by atoms with E-state index in [0.717, 1.165) is 0 Å². The van der Waals surface area contributed by atoms with Crippen molar-refractivity contribution in [3.63, 3.8) is 0 Å². The van der Waals surface area contributed by atoms with Crippen molar-refractivity contribution < 1.29 is 13.5 Å². The van der Waals surface area contributed by atoms with E-state index in [4.69, 9.17) is 16.3 Å². The summed E-state index contributed by atoms with van der Waals surface area (Å²) in [5, 5.41) is 0.321. The lowest BCUT2D eigenvalue weighted by molar-refractivity contribution is 0.291. The lowest BCUT2D eigenvalue weighted by Crippen LogP contribution is -2.02. The third-order valence-corrected chi connectivity index (χ3v) is 3.06. The van der Waals surface area contributed by atoms with Crippen LogP contribution in [0.15, 0.2) is 34.9 Å². The second kappa shape index (κ2) is 5.63. The van der Waals surface area contributed by atoms with Crippen molar-refractivity contribution in [1.29, 1.82) is 0 Å². The number of benzene rings is 1. The van der Waals surface area contributed by atoms with Gasteiger partial charge < -0.3 is 4.74 Å². The molecule has 0 aliphatic rings. The Hall–Kier alpha value is -1.20. The van der Waals surface area contributed by atoms with E-state index in [9.17, 15) is 8.78 Å². The molecular weight excluding hydrogens is 327 g/mol. The highest BCUT2D eigenvalue weighted by Crippen LogP contribution is 2.23. The summed E-state index contributed by atoms with van der Waals surface area (Å²) in [5.74, 6) is -0.937. The number of hydrogen-bond acceptors (Lipinski definition) is 2. The molecule has 0 spiro atoms. The molecule has 0 atom stereocenters. The van der Waals surface area contributed by atoms with E-state index in [1.165, 1.54) is 24.4 Å². The van der Waals surface area contributed by atoms with Crippen molar-refractivity contribution in [2.45, 2.75) is 6.61 Å². The molecule has 0 amide bonds. The third kappa shape index (κ3) is 2.97. The average Bonchev–Trinajstić information content (AvgIpc) is 2.36. The second-order valence-electron chi connectivity index (χ2n) is 3.43. The van der Waals surface area contributed by atoms with Gasteiger partial charge in [-0.25, -0.2) is 13.8 Å². The Labute approximate surface area is 116 Å². The van der Waals surface area contributed by atoms with Crippen LogP contribution in [0.3, 0.4) is 0 Å². The van der Waals surface area contributed by atoms with Gasteiger partial charge in [-0.1, -0.05) is 11.6 Å². The molecule has 1 aromatic heterocycles. The Morgan fingerprint density at radius 2 is 2.00 bits per heavy atom. The van der Waals surface area contributed by atoms with Crippen molar-refractivity contribution in [1.82, 2.24) is 4.98 Å². The van der Waals surface area contributed by atoms with Crippen LogP contribution in [0.1, 0.15) is 5.56 Å². The molecule has 2 aromatic rings. The Morgan fingerprint density at radius 1 is 1.22 bits per heavy atom. The fourth-order valence-electron chi connectivity index (χ4n) is 1.30. The van der Waals surface area contributed by atoms with Gasteiger partial charge in [0.2, 0.25) is 0 Å². The molecule has 1 aromatic carbocycles. The molecule has 6 heteroatoms. The molecular formula is C12H7BrClF2NO. The van der Waals surface area contributed by atoms with E-state index in [1.54, 1.807) is 6.07 Å². The quantitative estimate of drug-likeness (QED) is 0.615. The molecule has 18 heavy (non-hydrogen) atoms. The highest BCUT2D eigenvalue weighted by atomic mass is 79.9. The summed E-state index contributed by atoms with van der Waals surface area (Å²) in [4.78, 5) is 3.80. The summed E-state index contributed by atoms with van der Waals surface area (Å²) in [7, 11) is 0. The third-order valence-electron chi connectivity index (χ3n) is 2.22. The van der Waals surface area contributed by atoms with Crippen LogP contribution in [-0.4, -0.2) is 4.98 Å². The first-order chi connectivity index (χ1) is 8.58. The monoisotopic (exact) mass is 333 g/mol. The van der Waals surface area contributed by atoms with E-state index < -0.39 is 11.6 Å². The average molecular weight is 335 g/mol. The van der Waals surface area contributed by atoms with Crippen LogP contribution in [0.2, 0.25) is 5.15 Å². The first kappa shape index (κ1) is 13.2. The van der Waals surface area contributed by atoms with E-state index >= 15 is 0 Å². The molecule has 0 aliphatic carbocycles. The molecule has 1 heterocycles. The molecule has 0 radical (unpaired) electrons. The molecule has 0 unspecified atom stereocenters. The predicted molar refractivity (Wildman–Crippen MR) is 67.6 cm³/mol. The second-order valence-corrected chi connectivity index (χ2v) is 4.67. The first-order valence-corrected chi connectivity index (χ1v) is 6.12. The minimum Gasteiger partial charge on any atom is -0.487 e. The number of ether oxygens (including phenoxy) is 1. The van der Waals surface area contributed by atoms with E-state index in [1.807, 2.05) is 0 Å². The van der Waals surface area contributed by atoms with Gasteiger partial charge in [0, 0.05) is 0 Å². The van der Waals surface area contributed by atoms with Crippen molar-refractivity contribution >= 4 is 27.5 Å². The van der Waals surface area contributed by atoms with Crippen molar-refractivity contribution in [3.8, 4) is 5.75 Å². The van der Waals surface area contributed by atoms with Crippen LogP contribution in [-0.2, 0) is 6.61 Å². The SMILES string of the molecule is Fc1ccc(Br)c(F)c1COc1ccc(Cl)nc1. The van der Waals surface area contributed by atoms with Gasteiger partial charge in [0.25, 0.3) is 0 Å². The normalized spacial score (nSPS) is 10.4. The zero-order chi connectivity index (χ0) is 13.1. The lowest BCUT2D eigenvalue weighted by Gasteiger charge is -2.08. The summed E-state index contributed by atoms with van der Waals surface area (Å²) < 4.78 is 32.5. The molecule has 0 saturated carbocycles. The molecule has 2 nitrogen and oxygen atoms in total. The van der Waals surface area contributed by atoms with Crippen LogP contribution < -0.4 is 4.74 Å². The summed E-state index contributed by atoms with van der Waals surface area (Å²) in [6.07, 6.45) is 1.39. The van der Waals surface area contributed by atoms with Gasteiger partial charge in [0.1, 0.15) is 29.1 Å². The fraction of sp³-hybridized carbons (Fsp3) is 0.0833. The minimum atomic E-state index is -0.670. The molecule has 94 valence electrons. The van der Waals surface area contributed by atoms with Gasteiger partial charge in [-0.15, -0.1) is 0 Å². The van der Waals surface area contributed by atoms with Gasteiger partial charge in [-0.3, -0.25) is 0 Å². The van der Waals surface area contributed by atoms with Gasteiger partial charge in [0.15, 0.2) is 0 Å². The first-order valence-electron chi connectivity index (χ1n) is 4.94. The van der Waals surface area contributed by atoms with E-state index in [2.05, 4.69) is 20.9 Å². The van der Waals surface area contributed by atoms with Gasteiger partial charge in [-0.2, -0.15) is 0 Å². The van der Waals surface area contributed by atoms with E-state index in [0.29, 0.717) is 10.9 Å². The number of hydrogen-bond donors (Lipinski definition) is 0. The lowest BCUT2D eigenvalue weighted by atomic mass is 10.2. The maximum Gasteiger partial charge on any atom is 0.146 e. The Bertz CT molecular complexity index is 563. The molecule has 0 N–H and O–H groups in total. The molecule has 0 fully saturated rings. The van der Waals surface area contributed by atoms with Crippen molar-refractivity contribution in [3.05, 3.63) is 57.3 Å². The van der Waals surface area contributed by atoms with Crippen LogP contribution in [0.25, 0.3) is 0 Å². The smallest absolute Gasteiger partial charge is 0.146 e. The van der Waals surface area contributed by atoms with Gasteiger partial charge >= 0.3 is 0 Å². The van der Waals surface area contributed by atoms with Crippen molar-refractivity contribution in [2.24, 2.45) is 0 Å². The summed E-state index contributed by atoms with van der Waals surface area (Å²) in [6, 6.07) is 5.58. The van der Waals surface area contributed by atoms with Gasteiger partial charge in [-0.05, 0) is 40.2 Å². The summed E-state index contributed by atoms with van der Waals surface area (Å²) in [5.41, 5.74) is -0.140. The zero-order valence-corrected chi connectivity index (χ0v) is 11.3. The highest BCUT2D eigenvalue weighted by Gasteiger charge is 2.12. The molecule has 2 rings (SSSR count). The minimum absolute atomic E-state index is 0.140. The number of rotatable bonds is 3. The zero-order valence-electron chi connectivity index (χ0n) is 8.96. The van der Waals surface area contributed by atoms with Crippen LogP contribution in [0.4, 0.5) is 8.78 Å². The maximum absolute atomic E-state index is 13.6. The molecule has 0 bridgehead atoms. The molecule has 0 aliphatic heterocycles. The summed E-state index contributed by atoms with van der Waals surface area (Å²) in [6.45, 7) is -0.222. The fourth-order valence-corrected chi connectivity index (χ4v) is 1.79. The van der Waals surface area contributed by atoms with Crippen LogP contribution in [0, 0.1) is 11.6 Å². The Kier molecular flexibility index (Phi) is 4.14. The van der Waals surface area contributed by atoms with Crippen LogP contribution in [0.5, 0.6) is 5.75 Å². The summed E-state index contributed by atoms with van der Waals surface area (Å²) >= 11 is 8.60. The number of pyridine rings is 1. The molecule has 0 saturated heterocycles. The standard InChI is InChI=1S/C12H7BrClF2NO/c13-9-2-3-10(15)8(12(9)16)6-18-7-1-4-11(14)17-5-7/h1-5H,6H2. The Balaban J connectivity index is 2.15. The number of nitrogens with zero attached hydrogens (tertiary/aromatic N) is 1. The number of aromatic nitrogens is 1. The van der Waals surface area contributed by atoms with Crippen molar-refractivity contribution in [2.75, 3.05) is 0 Å². The largest absolute Gasteiger partial charge is 0.487 e. The van der Waals surface area contributed by atoms with Gasteiger partial charge in [0.05, 0.1) is 16.2 Å². The Morgan fingerprint density at radius 3 is 2.67 bits per heavy atom. The van der Waals surface area contributed by atoms with Crippen LogP contribution >= 0.6 is 27.5 Å². The van der Waals surface area contributed by atoms with E-state index in [-0.39, 0.29) is 16.6 Å². The predicted octanol–water partition coefficient (Wildman–Crippen LogP) is 4.35. The number of halogens is 4. The topological polar surface area (TPSA) is 22.1 Å². The highest BCUT2D eigenvalue weighted by molar-refractivity contribution is 9.10. The maximum atomic E-state index is 13.6.